The number of amides is 1. The van der Waals surface area contributed by atoms with Crippen LogP contribution in [0.1, 0.15) is 15.9 Å². The molecule has 0 spiro atoms. The summed E-state index contributed by atoms with van der Waals surface area (Å²) < 4.78 is 40.0. The number of rotatable bonds is 3. The maximum Gasteiger partial charge on any atom is 0.255 e. The average molecular weight is 277 g/mol. The summed E-state index contributed by atoms with van der Waals surface area (Å²) in [6.07, 6.45) is 0. The Balaban J connectivity index is 2.39. The lowest BCUT2D eigenvalue weighted by molar-refractivity contribution is 0.102. The van der Waals surface area contributed by atoms with Crippen molar-refractivity contribution in [3.05, 3.63) is 71.8 Å². The van der Waals surface area contributed by atoms with Gasteiger partial charge in [-0.05, 0) is 18.2 Å². The molecule has 0 radical (unpaired) electrons. The Morgan fingerprint density at radius 1 is 1.10 bits per heavy atom. The molecule has 102 valence electrons. The molecule has 1 amide bonds. The third-order valence-electron chi connectivity index (χ3n) is 2.62. The molecule has 5 heteroatoms. The number of anilines is 1. The average Bonchev–Trinajstić information content (AvgIpc) is 2.42. The lowest BCUT2D eigenvalue weighted by atomic mass is 10.1. The summed E-state index contributed by atoms with van der Waals surface area (Å²) in [6, 6.07) is 9.33. The number of nitrogens with one attached hydrogen (secondary N) is 1. The standard InChI is InChI=1S/C15H10F3NO/c1-9(16)12-7-11(17)8-13(18)14(12)19-15(20)10-5-3-2-4-6-10/h2-8H,1H2,(H,19,20). The van der Waals surface area contributed by atoms with Crippen LogP contribution in [0.3, 0.4) is 0 Å². The molecule has 2 aromatic carbocycles. The zero-order valence-corrected chi connectivity index (χ0v) is 10.3. The van der Waals surface area contributed by atoms with E-state index in [9.17, 15) is 18.0 Å². The van der Waals surface area contributed by atoms with Crippen molar-refractivity contribution in [2.45, 2.75) is 0 Å². The third kappa shape index (κ3) is 2.88. The van der Waals surface area contributed by atoms with Gasteiger partial charge in [0, 0.05) is 17.2 Å². The van der Waals surface area contributed by atoms with Crippen molar-refractivity contribution in [2.75, 3.05) is 5.32 Å². The van der Waals surface area contributed by atoms with E-state index in [1.165, 1.54) is 12.1 Å². The Kier molecular flexibility index (Phi) is 3.89. The van der Waals surface area contributed by atoms with E-state index in [1.54, 1.807) is 18.2 Å². The molecule has 0 aliphatic heterocycles. The second kappa shape index (κ2) is 5.61. The maximum atomic E-state index is 13.7. The molecule has 2 rings (SSSR count). The lowest BCUT2D eigenvalue weighted by Crippen LogP contribution is -2.14. The van der Waals surface area contributed by atoms with Gasteiger partial charge < -0.3 is 5.32 Å². The number of benzene rings is 2. The van der Waals surface area contributed by atoms with Crippen LogP contribution in [-0.2, 0) is 0 Å². The Hall–Kier alpha value is -2.56. The fourth-order valence-electron chi connectivity index (χ4n) is 1.69. The quantitative estimate of drug-likeness (QED) is 0.896. The largest absolute Gasteiger partial charge is 0.319 e. The van der Waals surface area contributed by atoms with Gasteiger partial charge in [0.05, 0.1) is 5.69 Å². The van der Waals surface area contributed by atoms with E-state index in [4.69, 9.17) is 0 Å². The van der Waals surface area contributed by atoms with E-state index in [2.05, 4.69) is 11.9 Å². The van der Waals surface area contributed by atoms with Gasteiger partial charge in [-0.15, -0.1) is 0 Å². The van der Waals surface area contributed by atoms with Gasteiger partial charge in [-0.3, -0.25) is 4.79 Å². The highest BCUT2D eigenvalue weighted by Gasteiger charge is 2.17. The number of hydrogen-bond acceptors (Lipinski definition) is 1. The van der Waals surface area contributed by atoms with Crippen LogP contribution in [0, 0.1) is 11.6 Å². The van der Waals surface area contributed by atoms with Crippen molar-refractivity contribution < 1.29 is 18.0 Å². The van der Waals surface area contributed by atoms with Crippen LogP contribution in [0.15, 0.2) is 49.0 Å². The summed E-state index contributed by atoms with van der Waals surface area (Å²) in [4.78, 5) is 11.9. The van der Waals surface area contributed by atoms with E-state index in [0.717, 1.165) is 6.07 Å². The molecule has 2 aromatic rings. The van der Waals surface area contributed by atoms with Gasteiger partial charge in [0.1, 0.15) is 17.5 Å². The van der Waals surface area contributed by atoms with Gasteiger partial charge in [0.25, 0.3) is 5.91 Å². The van der Waals surface area contributed by atoms with Crippen molar-refractivity contribution in [1.29, 1.82) is 0 Å². The van der Waals surface area contributed by atoms with Gasteiger partial charge >= 0.3 is 0 Å². The first kappa shape index (κ1) is 13.9. The molecule has 0 bridgehead atoms. The van der Waals surface area contributed by atoms with Crippen LogP contribution in [0.4, 0.5) is 18.9 Å². The minimum Gasteiger partial charge on any atom is -0.319 e. The zero-order chi connectivity index (χ0) is 14.7. The molecular weight excluding hydrogens is 267 g/mol. The molecule has 0 saturated carbocycles. The van der Waals surface area contributed by atoms with Crippen molar-refractivity contribution in [3.63, 3.8) is 0 Å². The molecule has 0 saturated heterocycles. The summed E-state index contributed by atoms with van der Waals surface area (Å²) in [5.74, 6) is -3.68. The van der Waals surface area contributed by atoms with E-state index < -0.39 is 34.6 Å². The summed E-state index contributed by atoms with van der Waals surface area (Å²) in [5, 5.41) is 2.22. The van der Waals surface area contributed by atoms with Crippen molar-refractivity contribution in [2.24, 2.45) is 0 Å². The van der Waals surface area contributed by atoms with Gasteiger partial charge in [0.2, 0.25) is 0 Å². The molecule has 2 nitrogen and oxygen atoms in total. The predicted octanol–water partition coefficient (Wildman–Crippen LogP) is 4.16. The van der Waals surface area contributed by atoms with Crippen molar-refractivity contribution >= 4 is 17.4 Å². The Morgan fingerprint density at radius 3 is 2.35 bits per heavy atom. The van der Waals surface area contributed by atoms with Gasteiger partial charge in [-0.2, -0.15) is 0 Å². The molecule has 0 atom stereocenters. The summed E-state index contributed by atoms with van der Waals surface area (Å²) in [7, 11) is 0. The van der Waals surface area contributed by atoms with Gasteiger partial charge in [-0.1, -0.05) is 24.8 Å². The van der Waals surface area contributed by atoms with Crippen LogP contribution in [0.25, 0.3) is 5.83 Å². The van der Waals surface area contributed by atoms with Gasteiger partial charge in [-0.25, -0.2) is 13.2 Å². The number of carbonyl (C=O) groups is 1. The first-order valence-electron chi connectivity index (χ1n) is 5.69. The highest BCUT2D eigenvalue weighted by Crippen LogP contribution is 2.28. The molecule has 0 unspecified atom stereocenters. The zero-order valence-electron chi connectivity index (χ0n) is 10.3. The molecule has 0 aromatic heterocycles. The predicted molar refractivity (Wildman–Crippen MR) is 70.9 cm³/mol. The number of carbonyl (C=O) groups excluding carboxylic acids is 1. The highest BCUT2D eigenvalue weighted by molar-refractivity contribution is 6.05. The van der Waals surface area contributed by atoms with E-state index in [0.29, 0.717) is 6.07 Å². The number of hydrogen-bond donors (Lipinski definition) is 1. The van der Waals surface area contributed by atoms with E-state index in [-0.39, 0.29) is 5.56 Å². The molecular formula is C15H10F3NO. The van der Waals surface area contributed by atoms with Crippen LogP contribution in [0.2, 0.25) is 0 Å². The van der Waals surface area contributed by atoms with E-state index >= 15 is 0 Å². The number of halogens is 3. The second-order valence-corrected chi connectivity index (χ2v) is 4.04. The van der Waals surface area contributed by atoms with E-state index in [1.807, 2.05) is 0 Å². The first-order valence-corrected chi connectivity index (χ1v) is 5.69. The molecule has 0 aliphatic rings. The first-order chi connectivity index (χ1) is 9.49. The Bertz CT molecular complexity index is 668. The van der Waals surface area contributed by atoms with Gasteiger partial charge in [0.15, 0.2) is 0 Å². The molecule has 0 heterocycles. The topological polar surface area (TPSA) is 29.1 Å². The van der Waals surface area contributed by atoms with Crippen molar-refractivity contribution in [3.8, 4) is 0 Å². The smallest absolute Gasteiger partial charge is 0.255 e. The molecule has 0 fully saturated rings. The van der Waals surface area contributed by atoms with Crippen LogP contribution in [0.5, 0.6) is 0 Å². The van der Waals surface area contributed by atoms with Crippen molar-refractivity contribution in [1.82, 2.24) is 0 Å². The third-order valence-corrected chi connectivity index (χ3v) is 2.62. The fraction of sp³-hybridized carbons (Fsp3) is 0. The summed E-state index contributed by atoms with van der Waals surface area (Å²) in [5.41, 5.74) is -0.592. The fourth-order valence-corrected chi connectivity index (χ4v) is 1.69. The summed E-state index contributed by atoms with van der Waals surface area (Å²) >= 11 is 0. The Morgan fingerprint density at radius 2 is 1.75 bits per heavy atom. The lowest BCUT2D eigenvalue weighted by Gasteiger charge is -2.11. The summed E-state index contributed by atoms with van der Waals surface area (Å²) in [6.45, 7) is 3.00. The molecule has 0 aliphatic carbocycles. The highest BCUT2D eigenvalue weighted by atomic mass is 19.1. The monoisotopic (exact) mass is 277 g/mol. The second-order valence-electron chi connectivity index (χ2n) is 4.04. The molecule has 20 heavy (non-hydrogen) atoms. The molecule has 1 N–H and O–H groups in total. The maximum absolute atomic E-state index is 13.7. The Labute approximate surface area is 113 Å². The SMILES string of the molecule is C=C(F)c1cc(F)cc(F)c1NC(=O)c1ccccc1. The van der Waals surface area contributed by atoms with Crippen LogP contribution < -0.4 is 5.32 Å². The van der Waals surface area contributed by atoms with Crippen LogP contribution >= 0.6 is 0 Å². The minimum absolute atomic E-state index is 0.270. The van der Waals surface area contributed by atoms with Crippen LogP contribution in [-0.4, -0.2) is 5.91 Å². The minimum atomic E-state index is -1.07. The normalized spacial score (nSPS) is 10.2.